The lowest BCUT2D eigenvalue weighted by Crippen LogP contribution is -2.31. The van der Waals surface area contributed by atoms with Crippen molar-refractivity contribution in [1.29, 1.82) is 0 Å². The van der Waals surface area contributed by atoms with Gasteiger partial charge in [0, 0.05) is 7.11 Å². The van der Waals surface area contributed by atoms with Crippen molar-refractivity contribution in [2.75, 3.05) is 40.5 Å². The van der Waals surface area contributed by atoms with Gasteiger partial charge in [-0.15, -0.1) is 0 Å². The smallest absolute Gasteiger partial charge is 0.119 e. The molecule has 0 aliphatic carbocycles. The van der Waals surface area contributed by atoms with Gasteiger partial charge in [-0.25, -0.2) is 0 Å². The molecule has 1 aromatic rings. The number of nitrogens with zero attached hydrogens (tertiary/aromatic N) is 1. The molecule has 2 rings (SSSR count). The predicted octanol–water partition coefficient (Wildman–Crippen LogP) is 1.39. The van der Waals surface area contributed by atoms with Gasteiger partial charge in [0.05, 0.1) is 6.61 Å². The van der Waals surface area contributed by atoms with Crippen LogP contribution in [0.1, 0.15) is 18.4 Å². The molecule has 1 aromatic carbocycles. The molecule has 0 unspecified atom stereocenters. The number of rotatable bonds is 6. The number of ether oxygens (including phenoxy) is 2. The van der Waals surface area contributed by atoms with Gasteiger partial charge < -0.3 is 14.4 Å². The summed E-state index contributed by atoms with van der Waals surface area (Å²) < 4.78 is 10.7. The van der Waals surface area contributed by atoms with Gasteiger partial charge >= 0.3 is 0 Å². The zero-order valence-corrected chi connectivity index (χ0v) is 12.6. The Morgan fingerprint density at radius 1 is 1.25 bits per heavy atom. The summed E-state index contributed by atoms with van der Waals surface area (Å²) in [6.45, 7) is 3.53. The molecule has 1 fully saturated rings. The molecule has 0 N–H and O–H groups in total. The van der Waals surface area contributed by atoms with E-state index in [1.54, 1.807) is 7.11 Å². The molecule has 0 spiro atoms. The van der Waals surface area contributed by atoms with Gasteiger partial charge in [0.2, 0.25) is 0 Å². The first-order valence-electron chi connectivity index (χ1n) is 7.37. The molecule has 0 atom stereocenters. The Labute approximate surface area is 123 Å². The number of hydrogen-bond donors (Lipinski definition) is 0. The van der Waals surface area contributed by atoms with E-state index in [9.17, 15) is 0 Å². The van der Waals surface area contributed by atoms with Gasteiger partial charge in [-0.05, 0) is 56.9 Å². The molecule has 1 aliphatic heterocycles. The van der Waals surface area contributed by atoms with Gasteiger partial charge in [0.15, 0.2) is 0 Å². The maximum atomic E-state index is 5.95. The van der Waals surface area contributed by atoms with E-state index in [0.717, 1.165) is 18.1 Å². The lowest BCUT2D eigenvalue weighted by molar-refractivity contribution is 0.147. The Morgan fingerprint density at radius 3 is 2.70 bits per heavy atom. The highest BCUT2D eigenvalue weighted by Gasteiger charge is 2.17. The summed E-state index contributed by atoms with van der Waals surface area (Å²) >= 11 is 0. The average Bonchev–Trinajstić information content (AvgIpc) is 2.45. The summed E-state index contributed by atoms with van der Waals surface area (Å²) in [5, 5.41) is 0. The first-order valence-corrected chi connectivity index (χ1v) is 7.37. The van der Waals surface area contributed by atoms with Crippen LogP contribution >= 0.6 is 0 Å². The number of piperidine rings is 1. The van der Waals surface area contributed by atoms with Crippen molar-refractivity contribution in [3.05, 3.63) is 23.8 Å². The van der Waals surface area contributed by atoms with Crippen molar-refractivity contribution in [1.82, 2.24) is 4.90 Å². The maximum Gasteiger partial charge on any atom is 0.119 e. The Hall–Kier alpha value is -0.995. The molecule has 0 saturated carbocycles. The Balaban J connectivity index is 1.92. The van der Waals surface area contributed by atoms with Crippen LogP contribution in [0.4, 0.5) is 0 Å². The van der Waals surface area contributed by atoms with E-state index >= 15 is 0 Å². The predicted molar refractivity (Wildman–Crippen MR) is 83.1 cm³/mol. The summed E-state index contributed by atoms with van der Waals surface area (Å²) in [5.74, 6) is 1.56. The molecule has 108 valence electrons. The Morgan fingerprint density at radius 2 is 2.00 bits per heavy atom. The second kappa shape index (κ2) is 7.70. The largest absolute Gasteiger partial charge is 0.492 e. The molecular weight excluding hydrogens is 249 g/mol. The SMILES string of the molecule is [B]c1ccc(CC2CCN(C)CC2)cc1OCCOC. The summed E-state index contributed by atoms with van der Waals surface area (Å²) in [6, 6.07) is 6.16. The molecule has 0 bridgehead atoms. The van der Waals surface area contributed by atoms with E-state index < -0.39 is 0 Å². The number of likely N-dealkylation sites (tertiary alicyclic amines) is 1. The van der Waals surface area contributed by atoms with Crippen LogP contribution < -0.4 is 10.2 Å². The molecule has 1 saturated heterocycles. The Bertz CT molecular complexity index is 417. The van der Waals surface area contributed by atoms with Crippen LogP contribution in [0, 0.1) is 5.92 Å². The van der Waals surface area contributed by atoms with Gasteiger partial charge in [-0.1, -0.05) is 17.6 Å². The highest BCUT2D eigenvalue weighted by Crippen LogP contribution is 2.22. The molecule has 20 heavy (non-hydrogen) atoms. The Kier molecular flexibility index (Phi) is 5.93. The summed E-state index contributed by atoms with van der Waals surface area (Å²) in [6.07, 6.45) is 3.68. The first kappa shape index (κ1) is 15.4. The van der Waals surface area contributed by atoms with Crippen LogP contribution in [0.2, 0.25) is 0 Å². The molecule has 0 aromatic heterocycles. The average molecular weight is 273 g/mol. The first-order chi connectivity index (χ1) is 9.69. The number of benzene rings is 1. The van der Waals surface area contributed by atoms with Gasteiger partial charge in [0.1, 0.15) is 20.2 Å². The molecule has 1 aliphatic rings. The fraction of sp³-hybridized carbons (Fsp3) is 0.625. The second-order valence-corrected chi connectivity index (χ2v) is 5.66. The number of methoxy groups -OCH3 is 1. The van der Waals surface area contributed by atoms with Crippen LogP contribution in [0.25, 0.3) is 0 Å². The zero-order valence-electron chi connectivity index (χ0n) is 12.6. The van der Waals surface area contributed by atoms with Crippen molar-refractivity contribution >= 4 is 13.3 Å². The van der Waals surface area contributed by atoms with E-state index in [4.69, 9.17) is 17.3 Å². The van der Waals surface area contributed by atoms with Crippen LogP contribution in [-0.2, 0) is 11.2 Å². The van der Waals surface area contributed by atoms with Crippen LogP contribution in [0.5, 0.6) is 5.75 Å². The van der Waals surface area contributed by atoms with E-state index in [1.165, 1.54) is 31.5 Å². The number of hydrogen-bond acceptors (Lipinski definition) is 3. The highest BCUT2D eigenvalue weighted by molar-refractivity contribution is 6.34. The minimum absolute atomic E-state index is 0.540. The quantitative estimate of drug-likeness (QED) is 0.577. The van der Waals surface area contributed by atoms with Crippen molar-refractivity contribution in [2.24, 2.45) is 5.92 Å². The molecule has 2 radical (unpaired) electrons. The van der Waals surface area contributed by atoms with Crippen LogP contribution in [0.15, 0.2) is 18.2 Å². The third kappa shape index (κ3) is 4.53. The molecule has 3 nitrogen and oxygen atoms in total. The zero-order chi connectivity index (χ0) is 14.4. The van der Waals surface area contributed by atoms with Gasteiger partial charge in [-0.2, -0.15) is 0 Å². The monoisotopic (exact) mass is 273 g/mol. The summed E-state index contributed by atoms with van der Waals surface area (Å²) in [5.41, 5.74) is 2.02. The van der Waals surface area contributed by atoms with E-state index in [0.29, 0.717) is 18.7 Å². The lowest BCUT2D eigenvalue weighted by atomic mass is 9.88. The van der Waals surface area contributed by atoms with Gasteiger partial charge in [0.25, 0.3) is 0 Å². The minimum Gasteiger partial charge on any atom is -0.492 e. The minimum atomic E-state index is 0.540. The standard InChI is InChI=1S/C16H24BNO2/c1-18-7-5-13(6-8-18)11-14-3-4-15(17)16(12-14)20-10-9-19-2/h3-4,12-13H,5-11H2,1-2H3. The van der Waals surface area contributed by atoms with Crippen molar-refractivity contribution in [2.45, 2.75) is 19.3 Å². The fourth-order valence-corrected chi connectivity index (χ4v) is 2.67. The third-order valence-electron chi connectivity index (χ3n) is 3.99. The van der Waals surface area contributed by atoms with Crippen LogP contribution in [0.3, 0.4) is 0 Å². The van der Waals surface area contributed by atoms with Crippen molar-refractivity contribution < 1.29 is 9.47 Å². The summed E-state index contributed by atoms with van der Waals surface area (Å²) in [4.78, 5) is 2.40. The highest BCUT2D eigenvalue weighted by atomic mass is 16.5. The van der Waals surface area contributed by atoms with Crippen molar-refractivity contribution in [3.8, 4) is 5.75 Å². The summed E-state index contributed by atoms with van der Waals surface area (Å²) in [7, 11) is 9.82. The van der Waals surface area contributed by atoms with Gasteiger partial charge in [-0.3, -0.25) is 0 Å². The van der Waals surface area contributed by atoms with Crippen molar-refractivity contribution in [3.63, 3.8) is 0 Å². The molecular formula is C16H24BNO2. The van der Waals surface area contributed by atoms with E-state index in [1.807, 2.05) is 6.07 Å². The second-order valence-electron chi connectivity index (χ2n) is 5.66. The molecule has 1 heterocycles. The van der Waals surface area contributed by atoms with E-state index in [2.05, 4.69) is 24.1 Å². The molecule has 4 heteroatoms. The topological polar surface area (TPSA) is 21.7 Å². The lowest BCUT2D eigenvalue weighted by Gasteiger charge is -2.29. The molecule has 0 amide bonds. The van der Waals surface area contributed by atoms with E-state index in [-0.39, 0.29) is 0 Å². The normalized spacial score (nSPS) is 17.3. The van der Waals surface area contributed by atoms with Crippen LogP contribution in [-0.4, -0.2) is 53.2 Å². The maximum absolute atomic E-state index is 5.95. The fourth-order valence-electron chi connectivity index (χ4n) is 2.67. The third-order valence-corrected chi connectivity index (χ3v) is 3.99.